The number of nitrogens with one attached hydrogen (secondary N) is 1. The Morgan fingerprint density at radius 1 is 1.07 bits per heavy atom. The first-order valence-electron chi connectivity index (χ1n) is 9.31. The summed E-state index contributed by atoms with van der Waals surface area (Å²) in [6, 6.07) is 15.4. The molecule has 0 spiro atoms. The number of nitrogens with zero attached hydrogens (tertiary/aromatic N) is 2. The molecule has 0 bridgehead atoms. The van der Waals surface area contributed by atoms with Gasteiger partial charge in [-0.3, -0.25) is 9.78 Å². The van der Waals surface area contributed by atoms with Gasteiger partial charge in [-0.1, -0.05) is 18.2 Å². The Kier molecular flexibility index (Phi) is 5.31. The Labute approximate surface area is 169 Å². The predicted molar refractivity (Wildman–Crippen MR) is 110 cm³/mol. The lowest BCUT2D eigenvalue weighted by molar-refractivity contribution is 0.0730. The molecule has 0 atom stereocenters. The lowest BCUT2D eigenvalue weighted by atomic mass is 10.1. The highest BCUT2D eigenvalue weighted by Crippen LogP contribution is 2.24. The standard InChI is InChI=1S/C21H21N3O4S/c1-15-14-20(18-4-2-3-5-19(18)22-15)23-21(25)16-6-8-17(9-7-16)29(26,27)24-10-12-28-13-11-24/h2-9,14H,10-13H2,1H3,(H,22,23,25). The molecule has 1 aliphatic rings. The van der Waals surface area contributed by atoms with E-state index in [0.29, 0.717) is 37.6 Å². The number of hydrogen-bond acceptors (Lipinski definition) is 5. The minimum Gasteiger partial charge on any atom is -0.379 e. The zero-order valence-electron chi connectivity index (χ0n) is 16.0. The molecule has 1 aromatic heterocycles. The van der Waals surface area contributed by atoms with Crippen LogP contribution in [-0.2, 0) is 14.8 Å². The molecule has 1 saturated heterocycles. The number of pyridine rings is 1. The van der Waals surface area contributed by atoms with Crippen LogP contribution in [0.4, 0.5) is 5.69 Å². The third-order valence-electron chi connectivity index (χ3n) is 4.82. The maximum atomic E-state index is 12.7. The molecule has 29 heavy (non-hydrogen) atoms. The van der Waals surface area contributed by atoms with E-state index >= 15 is 0 Å². The van der Waals surface area contributed by atoms with Gasteiger partial charge in [-0.2, -0.15) is 4.31 Å². The van der Waals surface area contributed by atoms with Gasteiger partial charge in [0.2, 0.25) is 10.0 Å². The van der Waals surface area contributed by atoms with Crippen LogP contribution in [0, 0.1) is 6.92 Å². The molecule has 0 aliphatic carbocycles. The van der Waals surface area contributed by atoms with E-state index in [2.05, 4.69) is 10.3 Å². The van der Waals surface area contributed by atoms with Crippen LogP contribution in [0.25, 0.3) is 10.9 Å². The van der Waals surface area contributed by atoms with Crippen LogP contribution in [-0.4, -0.2) is 49.9 Å². The molecule has 1 fully saturated rings. The van der Waals surface area contributed by atoms with E-state index in [1.54, 1.807) is 0 Å². The summed E-state index contributed by atoms with van der Waals surface area (Å²) in [6.45, 7) is 3.31. The van der Waals surface area contributed by atoms with Gasteiger partial charge in [0.15, 0.2) is 0 Å². The number of aryl methyl sites for hydroxylation is 1. The monoisotopic (exact) mass is 411 g/mol. The van der Waals surface area contributed by atoms with E-state index < -0.39 is 10.0 Å². The number of para-hydroxylation sites is 1. The molecule has 0 unspecified atom stereocenters. The van der Waals surface area contributed by atoms with Crippen molar-refractivity contribution in [2.45, 2.75) is 11.8 Å². The number of sulfonamides is 1. The fraction of sp³-hybridized carbons (Fsp3) is 0.238. The smallest absolute Gasteiger partial charge is 0.255 e. The van der Waals surface area contributed by atoms with E-state index in [4.69, 9.17) is 4.74 Å². The van der Waals surface area contributed by atoms with Gasteiger partial charge in [-0.05, 0) is 43.3 Å². The number of aromatic nitrogens is 1. The second kappa shape index (κ2) is 7.90. The maximum absolute atomic E-state index is 12.7. The second-order valence-electron chi connectivity index (χ2n) is 6.82. The van der Waals surface area contributed by atoms with Crippen molar-refractivity contribution in [3.8, 4) is 0 Å². The van der Waals surface area contributed by atoms with E-state index in [1.807, 2.05) is 37.3 Å². The number of morpholine rings is 1. The van der Waals surface area contributed by atoms with E-state index in [1.165, 1.54) is 28.6 Å². The number of carbonyl (C=O) groups excluding carboxylic acids is 1. The van der Waals surface area contributed by atoms with E-state index in [-0.39, 0.29) is 10.8 Å². The first-order chi connectivity index (χ1) is 13.9. The summed E-state index contributed by atoms with van der Waals surface area (Å²) in [5.74, 6) is -0.309. The minimum atomic E-state index is -3.58. The van der Waals surface area contributed by atoms with Crippen LogP contribution in [0.15, 0.2) is 59.5 Å². The Morgan fingerprint density at radius 3 is 2.48 bits per heavy atom. The van der Waals surface area contributed by atoms with Gasteiger partial charge < -0.3 is 10.1 Å². The van der Waals surface area contributed by atoms with Crippen LogP contribution in [0.3, 0.4) is 0 Å². The van der Waals surface area contributed by atoms with Crippen LogP contribution >= 0.6 is 0 Å². The predicted octanol–water partition coefficient (Wildman–Crippen LogP) is 2.82. The quantitative estimate of drug-likeness (QED) is 0.713. The molecular formula is C21H21N3O4S. The Bertz CT molecular complexity index is 1150. The molecule has 3 aromatic rings. The molecule has 2 aromatic carbocycles. The fourth-order valence-electron chi connectivity index (χ4n) is 3.32. The van der Waals surface area contributed by atoms with E-state index in [9.17, 15) is 13.2 Å². The number of amides is 1. The zero-order valence-corrected chi connectivity index (χ0v) is 16.8. The van der Waals surface area contributed by atoms with Crippen molar-refractivity contribution in [3.05, 3.63) is 65.9 Å². The molecule has 1 N–H and O–H groups in total. The number of rotatable bonds is 4. The number of benzene rings is 2. The zero-order chi connectivity index (χ0) is 20.4. The highest BCUT2D eigenvalue weighted by Gasteiger charge is 2.26. The molecule has 0 saturated carbocycles. The second-order valence-corrected chi connectivity index (χ2v) is 8.76. The van der Waals surface area contributed by atoms with Crippen molar-refractivity contribution in [2.75, 3.05) is 31.6 Å². The number of hydrogen-bond donors (Lipinski definition) is 1. The number of anilines is 1. The molecule has 0 radical (unpaired) electrons. The highest BCUT2D eigenvalue weighted by molar-refractivity contribution is 7.89. The maximum Gasteiger partial charge on any atom is 0.255 e. The van der Waals surface area contributed by atoms with Crippen molar-refractivity contribution < 1.29 is 17.9 Å². The summed E-state index contributed by atoms with van der Waals surface area (Å²) in [5.41, 5.74) is 2.65. The summed E-state index contributed by atoms with van der Waals surface area (Å²) in [4.78, 5) is 17.4. The van der Waals surface area contributed by atoms with Gasteiger partial charge in [-0.25, -0.2) is 8.42 Å². The third kappa shape index (κ3) is 4.00. The summed E-state index contributed by atoms with van der Waals surface area (Å²) >= 11 is 0. The Morgan fingerprint density at radius 2 is 1.76 bits per heavy atom. The van der Waals surface area contributed by atoms with Crippen molar-refractivity contribution >= 4 is 32.5 Å². The molecule has 150 valence electrons. The average Bonchev–Trinajstić information content (AvgIpc) is 2.74. The number of ether oxygens (including phenoxy) is 1. The van der Waals surface area contributed by atoms with Crippen LogP contribution in [0.5, 0.6) is 0 Å². The van der Waals surface area contributed by atoms with Crippen LogP contribution in [0.2, 0.25) is 0 Å². The summed E-state index contributed by atoms with van der Waals surface area (Å²) in [5, 5.41) is 3.75. The SMILES string of the molecule is Cc1cc(NC(=O)c2ccc(S(=O)(=O)N3CCOCC3)cc2)c2ccccc2n1. The largest absolute Gasteiger partial charge is 0.379 e. The van der Waals surface area contributed by atoms with Crippen molar-refractivity contribution in [1.29, 1.82) is 0 Å². The normalized spacial score (nSPS) is 15.3. The molecule has 1 aliphatic heterocycles. The minimum absolute atomic E-state index is 0.168. The van der Waals surface area contributed by atoms with E-state index in [0.717, 1.165) is 16.6 Å². The summed E-state index contributed by atoms with van der Waals surface area (Å²) in [6.07, 6.45) is 0. The summed E-state index contributed by atoms with van der Waals surface area (Å²) in [7, 11) is -3.58. The fourth-order valence-corrected chi connectivity index (χ4v) is 4.73. The number of fused-ring (bicyclic) bond motifs is 1. The topological polar surface area (TPSA) is 88.6 Å². The first-order valence-corrected chi connectivity index (χ1v) is 10.7. The molecule has 2 heterocycles. The Balaban J connectivity index is 1.56. The third-order valence-corrected chi connectivity index (χ3v) is 6.73. The van der Waals surface area contributed by atoms with Gasteiger partial charge in [0, 0.05) is 29.7 Å². The van der Waals surface area contributed by atoms with Gasteiger partial charge in [0.1, 0.15) is 0 Å². The first kappa shape index (κ1) is 19.5. The molecular weight excluding hydrogens is 390 g/mol. The van der Waals surface area contributed by atoms with Crippen LogP contribution < -0.4 is 5.32 Å². The van der Waals surface area contributed by atoms with Gasteiger partial charge in [0.05, 0.1) is 29.3 Å². The molecule has 8 heteroatoms. The van der Waals surface area contributed by atoms with Crippen LogP contribution in [0.1, 0.15) is 16.1 Å². The van der Waals surface area contributed by atoms with Crippen molar-refractivity contribution in [1.82, 2.24) is 9.29 Å². The average molecular weight is 411 g/mol. The summed E-state index contributed by atoms with van der Waals surface area (Å²) < 4.78 is 32.0. The number of carbonyl (C=O) groups is 1. The van der Waals surface area contributed by atoms with Gasteiger partial charge in [0.25, 0.3) is 5.91 Å². The van der Waals surface area contributed by atoms with Crippen molar-refractivity contribution in [2.24, 2.45) is 0 Å². The van der Waals surface area contributed by atoms with Crippen molar-refractivity contribution in [3.63, 3.8) is 0 Å². The lowest BCUT2D eigenvalue weighted by Crippen LogP contribution is -2.40. The Hall–Kier alpha value is -2.81. The molecule has 7 nitrogen and oxygen atoms in total. The van der Waals surface area contributed by atoms with Gasteiger partial charge in [-0.15, -0.1) is 0 Å². The molecule has 1 amide bonds. The lowest BCUT2D eigenvalue weighted by Gasteiger charge is -2.26. The highest BCUT2D eigenvalue weighted by atomic mass is 32.2. The van der Waals surface area contributed by atoms with Gasteiger partial charge >= 0.3 is 0 Å². The molecule has 4 rings (SSSR count).